The average molecular weight is 471 g/mol. The van der Waals surface area contributed by atoms with Crippen molar-refractivity contribution in [3.63, 3.8) is 0 Å². The summed E-state index contributed by atoms with van der Waals surface area (Å²) in [4.78, 5) is 16.8. The number of carbonyl (C=O) groups is 1. The summed E-state index contributed by atoms with van der Waals surface area (Å²) in [5, 5.41) is 13.3. The Balaban J connectivity index is 2.81. The summed E-state index contributed by atoms with van der Waals surface area (Å²) < 4.78 is 54.3. The standard InChI is InChI=1S/C15H11Cl2F3N4O4S/c1-7(25)24(27-2)14-13(29(3)26)11(6-21)22-23(14)12-9(16)4-8(5-10(12)17)28-15(18,19)20/h4-5H,1-3H3. The molecule has 156 valence electrons. The fourth-order valence-corrected chi connectivity index (χ4v) is 3.78. The Hall–Kier alpha value is -2.17. The van der Waals surface area contributed by atoms with Gasteiger partial charge in [0.1, 0.15) is 23.8 Å². The number of aromatic nitrogens is 2. The molecule has 2 aromatic rings. The second-order valence-electron chi connectivity index (χ2n) is 5.26. The first kappa shape index (κ1) is 23.1. The summed E-state index contributed by atoms with van der Waals surface area (Å²) in [6.45, 7) is 1.12. The van der Waals surface area contributed by atoms with E-state index in [2.05, 4.69) is 9.84 Å². The van der Waals surface area contributed by atoms with Crippen molar-refractivity contribution in [3.8, 4) is 17.5 Å². The number of nitriles is 1. The minimum atomic E-state index is -4.98. The average Bonchev–Trinajstić information content (AvgIpc) is 2.92. The number of alkyl halides is 3. The molecule has 0 spiro atoms. The Bertz CT molecular complexity index is 968. The fraction of sp³-hybridized carbons (Fsp3) is 0.267. The molecule has 1 heterocycles. The van der Waals surface area contributed by atoms with Gasteiger partial charge in [0.25, 0.3) is 0 Å². The van der Waals surface area contributed by atoms with Gasteiger partial charge >= 0.3 is 6.36 Å². The summed E-state index contributed by atoms with van der Waals surface area (Å²) in [5.74, 6) is -1.61. The second kappa shape index (κ2) is 8.68. The third-order valence-electron chi connectivity index (χ3n) is 3.31. The predicted octanol–water partition coefficient (Wildman–Crippen LogP) is 3.60. The Kier molecular flexibility index (Phi) is 6.92. The smallest absolute Gasteiger partial charge is 0.573 e. The number of rotatable bonds is 5. The summed E-state index contributed by atoms with van der Waals surface area (Å²) in [7, 11) is 1.14. The Morgan fingerprint density at radius 3 is 2.31 bits per heavy atom. The van der Waals surface area contributed by atoms with Crippen LogP contribution in [0.15, 0.2) is 17.0 Å². The van der Waals surface area contributed by atoms with Crippen LogP contribution in [0.5, 0.6) is 5.75 Å². The highest BCUT2D eigenvalue weighted by molar-refractivity contribution is 7.91. The first-order chi connectivity index (χ1) is 13.4. The molecule has 1 aromatic carbocycles. The second-order valence-corrected chi connectivity index (χ2v) is 7.39. The van der Waals surface area contributed by atoms with E-state index in [-0.39, 0.29) is 32.1 Å². The van der Waals surface area contributed by atoms with Gasteiger partial charge < -0.3 is 9.29 Å². The van der Waals surface area contributed by atoms with Crippen LogP contribution in [0.25, 0.3) is 5.69 Å². The normalized spacial score (nSPS) is 12.4. The molecule has 0 aliphatic rings. The van der Waals surface area contributed by atoms with E-state index < -0.39 is 29.2 Å². The molecular weight excluding hydrogens is 460 g/mol. The summed E-state index contributed by atoms with van der Waals surface area (Å²) in [6, 6.07) is 3.37. The number of benzene rings is 1. The zero-order chi connectivity index (χ0) is 22.1. The van der Waals surface area contributed by atoms with Gasteiger partial charge in [0.2, 0.25) is 22.3 Å². The van der Waals surface area contributed by atoms with E-state index >= 15 is 0 Å². The third kappa shape index (κ3) is 4.88. The molecule has 1 unspecified atom stereocenters. The summed E-state index contributed by atoms with van der Waals surface area (Å²) in [5.41, 5.74) is -0.513. The van der Waals surface area contributed by atoms with Crippen molar-refractivity contribution in [2.45, 2.75) is 18.2 Å². The van der Waals surface area contributed by atoms with E-state index in [1.165, 1.54) is 6.26 Å². The first-order valence-corrected chi connectivity index (χ1v) is 9.69. The van der Waals surface area contributed by atoms with Gasteiger partial charge in [-0.15, -0.1) is 18.3 Å². The van der Waals surface area contributed by atoms with Crippen LogP contribution >= 0.6 is 23.2 Å². The van der Waals surface area contributed by atoms with Crippen molar-refractivity contribution >= 4 is 46.1 Å². The van der Waals surface area contributed by atoms with Crippen LogP contribution in [0.4, 0.5) is 19.0 Å². The zero-order valence-electron chi connectivity index (χ0n) is 14.9. The molecule has 0 saturated heterocycles. The molecule has 0 radical (unpaired) electrons. The molecule has 0 bridgehead atoms. The van der Waals surface area contributed by atoms with Gasteiger partial charge in [0, 0.05) is 19.1 Å². The van der Waals surface area contributed by atoms with E-state index in [4.69, 9.17) is 28.0 Å². The van der Waals surface area contributed by atoms with Crippen LogP contribution in [0.3, 0.4) is 0 Å². The number of carbonyl (C=O) groups excluding carboxylic acids is 1. The quantitative estimate of drug-likeness (QED) is 0.488. The monoisotopic (exact) mass is 470 g/mol. The maximum Gasteiger partial charge on any atom is 0.573 e. The highest BCUT2D eigenvalue weighted by Crippen LogP contribution is 2.39. The van der Waals surface area contributed by atoms with E-state index in [0.717, 1.165) is 30.8 Å². The lowest BCUT2D eigenvalue weighted by atomic mass is 10.3. The molecule has 0 aliphatic heterocycles. The van der Waals surface area contributed by atoms with Gasteiger partial charge in [-0.3, -0.25) is 9.63 Å². The lowest BCUT2D eigenvalue weighted by Crippen LogP contribution is -2.30. The predicted molar refractivity (Wildman–Crippen MR) is 97.5 cm³/mol. The molecule has 0 N–H and O–H groups in total. The summed E-state index contributed by atoms with van der Waals surface area (Å²) >= 11 is 10.4. The topological polar surface area (TPSA) is 103 Å². The minimum Gasteiger partial charge on any atom is -0.611 e. The van der Waals surface area contributed by atoms with Gasteiger partial charge in [-0.1, -0.05) is 23.2 Å². The Morgan fingerprint density at radius 2 is 1.93 bits per heavy atom. The number of hydrogen-bond donors (Lipinski definition) is 0. The molecule has 29 heavy (non-hydrogen) atoms. The van der Waals surface area contributed by atoms with Gasteiger partial charge in [-0.2, -0.15) is 10.3 Å². The highest BCUT2D eigenvalue weighted by Gasteiger charge is 2.35. The van der Waals surface area contributed by atoms with Crippen LogP contribution < -0.4 is 9.80 Å². The van der Waals surface area contributed by atoms with E-state index in [1.54, 1.807) is 6.07 Å². The number of hydroxylamine groups is 1. The van der Waals surface area contributed by atoms with Gasteiger partial charge in [0.15, 0.2) is 0 Å². The molecule has 0 fully saturated rings. The zero-order valence-corrected chi connectivity index (χ0v) is 17.2. The van der Waals surface area contributed by atoms with E-state index in [1.807, 2.05) is 0 Å². The lowest BCUT2D eigenvalue weighted by molar-refractivity contribution is -0.274. The number of amides is 1. The minimum absolute atomic E-state index is 0.160. The number of anilines is 1. The van der Waals surface area contributed by atoms with E-state index in [9.17, 15) is 27.8 Å². The van der Waals surface area contributed by atoms with Crippen LogP contribution in [0, 0.1) is 11.3 Å². The highest BCUT2D eigenvalue weighted by atomic mass is 35.5. The van der Waals surface area contributed by atoms with Crippen molar-refractivity contribution in [1.82, 2.24) is 9.78 Å². The largest absolute Gasteiger partial charge is 0.611 e. The number of nitrogens with zero attached hydrogens (tertiary/aromatic N) is 4. The fourth-order valence-electron chi connectivity index (χ4n) is 2.37. The number of hydrogen-bond acceptors (Lipinski definition) is 6. The SMILES string of the molecule is CON(C(C)=O)c1c([S+](C)[O-])c(C#N)nn1-c1c(Cl)cc(OC(F)(F)F)cc1Cl. The van der Waals surface area contributed by atoms with Crippen molar-refractivity contribution < 1.29 is 32.1 Å². The molecule has 0 aliphatic carbocycles. The molecule has 8 nitrogen and oxygen atoms in total. The van der Waals surface area contributed by atoms with Crippen LogP contribution in [-0.2, 0) is 20.8 Å². The molecule has 0 saturated carbocycles. The maximum atomic E-state index is 12.5. The van der Waals surface area contributed by atoms with Crippen molar-refractivity contribution in [3.05, 3.63) is 27.9 Å². The molecule has 1 atom stereocenters. The van der Waals surface area contributed by atoms with Crippen molar-refractivity contribution in [1.29, 1.82) is 5.26 Å². The van der Waals surface area contributed by atoms with Gasteiger partial charge in [-0.05, 0) is 11.2 Å². The van der Waals surface area contributed by atoms with Crippen LogP contribution in [-0.4, -0.2) is 40.0 Å². The Labute approximate surface area is 175 Å². The van der Waals surface area contributed by atoms with Gasteiger partial charge in [-0.25, -0.2) is 4.68 Å². The molecule has 1 amide bonds. The number of halogens is 5. The first-order valence-electron chi connectivity index (χ1n) is 7.37. The molecule has 2 rings (SSSR count). The van der Waals surface area contributed by atoms with E-state index in [0.29, 0.717) is 5.06 Å². The van der Waals surface area contributed by atoms with Gasteiger partial charge in [0.05, 0.1) is 17.2 Å². The maximum absolute atomic E-state index is 12.5. The van der Waals surface area contributed by atoms with Crippen molar-refractivity contribution in [2.24, 2.45) is 0 Å². The molecule has 1 aromatic heterocycles. The van der Waals surface area contributed by atoms with Crippen molar-refractivity contribution in [2.75, 3.05) is 18.4 Å². The summed E-state index contributed by atoms with van der Waals surface area (Å²) in [6.07, 6.45) is -3.74. The third-order valence-corrected chi connectivity index (χ3v) is 4.84. The Morgan fingerprint density at radius 1 is 1.38 bits per heavy atom. The van der Waals surface area contributed by atoms with Crippen LogP contribution in [0.1, 0.15) is 12.6 Å². The molecule has 14 heteroatoms. The number of ether oxygens (including phenoxy) is 1. The van der Waals surface area contributed by atoms with Crippen LogP contribution in [0.2, 0.25) is 10.0 Å². The molecular formula is C15H11Cl2F3N4O4S. The lowest BCUT2D eigenvalue weighted by Gasteiger charge is -2.21.